The Kier molecular flexibility index (Phi) is 6.19. The third kappa shape index (κ3) is 5.09. The molecule has 27 heavy (non-hydrogen) atoms. The Bertz CT molecular complexity index is 759. The van der Waals surface area contributed by atoms with Gasteiger partial charge in [-0.2, -0.15) is 13.2 Å². The second-order valence-electron chi connectivity index (χ2n) is 7.16. The van der Waals surface area contributed by atoms with Crippen LogP contribution in [0, 0.1) is 0 Å². The van der Waals surface area contributed by atoms with Crippen molar-refractivity contribution < 1.29 is 18.3 Å². The summed E-state index contributed by atoms with van der Waals surface area (Å²) in [7, 11) is 2.14. The molecule has 1 saturated heterocycles. The summed E-state index contributed by atoms with van der Waals surface area (Å²) in [6.07, 6.45) is -3.26. The number of hydrogen-bond acceptors (Lipinski definition) is 3. The summed E-state index contributed by atoms with van der Waals surface area (Å²) in [5, 5.41) is 9.51. The van der Waals surface area contributed by atoms with Gasteiger partial charge in [-0.1, -0.05) is 30.3 Å². The van der Waals surface area contributed by atoms with Gasteiger partial charge in [-0.05, 0) is 60.9 Å². The van der Waals surface area contributed by atoms with Crippen molar-refractivity contribution in [3.63, 3.8) is 0 Å². The lowest BCUT2D eigenvalue weighted by Crippen LogP contribution is -2.28. The van der Waals surface area contributed by atoms with Gasteiger partial charge in [0.2, 0.25) is 0 Å². The molecule has 2 aromatic carbocycles. The van der Waals surface area contributed by atoms with E-state index in [0.717, 1.165) is 56.8 Å². The molecular weight excluding hydrogens is 353 g/mol. The van der Waals surface area contributed by atoms with E-state index in [0.29, 0.717) is 5.56 Å². The Balaban J connectivity index is 1.75. The smallest absolute Gasteiger partial charge is 0.392 e. The van der Waals surface area contributed by atoms with Crippen molar-refractivity contribution in [3.8, 4) is 11.1 Å². The van der Waals surface area contributed by atoms with Gasteiger partial charge in [-0.15, -0.1) is 0 Å². The first kappa shape index (κ1) is 19.9. The molecule has 1 fully saturated rings. The van der Waals surface area contributed by atoms with Crippen LogP contribution in [-0.4, -0.2) is 48.1 Å². The lowest BCUT2D eigenvalue weighted by molar-refractivity contribution is -0.137. The lowest BCUT2D eigenvalue weighted by atomic mass is 9.97. The molecule has 0 spiro atoms. The maximum Gasteiger partial charge on any atom is 0.416 e. The molecule has 0 atom stereocenters. The Morgan fingerprint density at radius 2 is 1.70 bits per heavy atom. The standard InChI is InChI=1S/C21H25F3N2O/c1-25-9-2-10-26(12-11-25)14-16-3-5-17(6-4-16)20-8-7-19(21(22,23)24)13-18(20)15-27/h3-8,13,27H,2,9-12,14-15H2,1H3. The highest BCUT2D eigenvalue weighted by atomic mass is 19.4. The second kappa shape index (κ2) is 8.42. The Morgan fingerprint density at radius 1 is 0.963 bits per heavy atom. The minimum Gasteiger partial charge on any atom is -0.392 e. The fourth-order valence-corrected chi connectivity index (χ4v) is 3.49. The second-order valence-corrected chi connectivity index (χ2v) is 7.16. The number of alkyl halides is 3. The highest BCUT2D eigenvalue weighted by Gasteiger charge is 2.31. The molecule has 0 radical (unpaired) electrons. The summed E-state index contributed by atoms with van der Waals surface area (Å²) in [6.45, 7) is 4.72. The average Bonchev–Trinajstić information content (AvgIpc) is 2.85. The molecule has 0 saturated carbocycles. The van der Waals surface area contributed by atoms with Gasteiger partial charge in [0.1, 0.15) is 0 Å². The van der Waals surface area contributed by atoms with Crippen LogP contribution in [0.4, 0.5) is 13.2 Å². The van der Waals surface area contributed by atoms with Gasteiger partial charge in [0.15, 0.2) is 0 Å². The van der Waals surface area contributed by atoms with E-state index in [4.69, 9.17) is 0 Å². The first-order valence-electron chi connectivity index (χ1n) is 9.18. The number of aliphatic hydroxyl groups is 1. The molecule has 1 N–H and O–H groups in total. The molecule has 0 bridgehead atoms. The minimum atomic E-state index is -4.41. The van der Waals surface area contributed by atoms with Gasteiger partial charge in [0.05, 0.1) is 12.2 Å². The van der Waals surface area contributed by atoms with Gasteiger partial charge in [-0.3, -0.25) is 4.90 Å². The Labute approximate surface area is 158 Å². The van der Waals surface area contributed by atoms with Crippen LogP contribution in [0.3, 0.4) is 0 Å². The quantitative estimate of drug-likeness (QED) is 0.871. The first-order chi connectivity index (χ1) is 12.9. The van der Waals surface area contributed by atoms with Crippen LogP contribution < -0.4 is 0 Å². The van der Waals surface area contributed by atoms with Crippen molar-refractivity contribution in [2.45, 2.75) is 25.7 Å². The number of hydrogen-bond donors (Lipinski definition) is 1. The van der Waals surface area contributed by atoms with Crippen molar-refractivity contribution in [2.24, 2.45) is 0 Å². The van der Waals surface area contributed by atoms with E-state index >= 15 is 0 Å². The van der Waals surface area contributed by atoms with Crippen LogP contribution >= 0.6 is 0 Å². The number of likely N-dealkylation sites (N-methyl/N-ethyl adjacent to an activating group) is 1. The van der Waals surface area contributed by atoms with Crippen LogP contribution in [0.25, 0.3) is 11.1 Å². The lowest BCUT2D eigenvalue weighted by Gasteiger charge is -2.20. The van der Waals surface area contributed by atoms with Gasteiger partial charge in [-0.25, -0.2) is 0 Å². The predicted molar refractivity (Wildman–Crippen MR) is 100 cm³/mol. The number of benzene rings is 2. The molecular formula is C21H25F3N2O. The fraction of sp³-hybridized carbons (Fsp3) is 0.429. The van der Waals surface area contributed by atoms with Crippen LogP contribution in [0.1, 0.15) is 23.1 Å². The van der Waals surface area contributed by atoms with Crippen molar-refractivity contribution >= 4 is 0 Å². The van der Waals surface area contributed by atoms with Crippen LogP contribution in [0.15, 0.2) is 42.5 Å². The van der Waals surface area contributed by atoms with Crippen molar-refractivity contribution in [2.75, 3.05) is 33.2 Å². The molecule has 1 aliphatic rings. The minimum absolute atomic E-state index is 0.285. The number of aliphatic hydroxyl groups excluding tert-OH is 1. The van der Waals surface area contributed by atoms with Crippen molar-refractivity contribution in [3.05, 3.63) is 59.2 Å². The highest BCUT2D eigenvalue weighted by molar-refractivity contribution is 5.68. The maximum atomic E-state index is 12.9. The SMILES string of the molecule is CN1CCCN(Cc2ccc(-c3ccc(C(F)(F)F)cc3CO)cc2)CC1. The largest absolute Gasteiger partial charge is 0.416 e. The molecule has 6 heteroatoms. The van der Waals surface area contributed by atoms with Gasteiger partial charge < -0.3 is 10.0 Å². The van der Waals surface area contributed by atoms with E-state index in [-0.39, 0.29) is 5.56 Å². The van der Waals surface area contributed by atoms with Crippen LogP contribution in [-0.2, 0) is 19.3 Å². The highest BCUT2D eigenvalue weighted by Crippen LogP contribution is 2.33. The summed E-state index contributed by atoms with van der Waals surface area (Å²) >= 11 is 0. The maximum absolute atomic E-state index is 12.9. The summed E-state index contributed by atoms with van der Waals surface area (Å²) in [5.74, 6) is 0. The third-order valence-electron chi connectivity index (χ3n) is 5.09. The van der Waals surface area contributed by atoms with E-state index in [1.165, 1.54) is 11.6 Å². The van der Waals surface area contributed by atoms with E-state index in [2.05, 4.69) is 16.8 Å². The average molecular weight is 378 g/mol. The van der Waals surface area contributed by atoms with E-state index in [9.17, 15) is 18.3 Å². The first-order valence-corrected chi connectivity index (χ1v) is 9.18. The molecule has 3 nitrogen and oxygen atoms in total. The molecule has 0 aliphatic carbocycles. The fourth-order valence-electron chi connectivity index (χ4n) is 3.49. The third-order valence-corrected chi connectivity index (χ3v) is 5.09. The van der Waals surface area contributed by atoms with Gasteiger partial charge in [0, 0.05) is 19.6 Å². The molecule has 2 aromatic rings. The summed E-state index contributed by atoms with van der Waals surface area (Å²) in [5.41, 5.74) is 2.17. The molecule has 1 heterocycles. The van der Waals surface area contributed by atoms with Gasteiger partial charge in [0.25, 0.3) is 0 Å². The van der Waals surface area contributed by atoms with Crippen molar-refractivity contribution in [1.29, 1.82) is 0 Å². The molecule has 1 aliphatic heterocycles. The van der Waals surface area contributed by atoms with Crippen LogP contribution in [0.5, 0.6) is 0 Å². The van der Waals surface area contributed by atoms with E-state index in [1.54, 1.807) is 0 Å². The Hall–Kier alpha value is -1.89. The zero-order chi connectivity index (χ0) is 19.4. The number of rotatable bonds is 4. The number of halogens is 3. The summed E-state index contributed by atoms with van der Waals surface area (Å²) < 4.78 is 38.6. The predicted octanol–water partition coefficient (Wildman–Crippen LogP) is 4.00. The van der Waals surface area contributed by atoms with Crippen LogP contribution in [0.2, 0.25) is 0 Å². The monoisotopic (exact) mass is 378 g/mol. The van der Waals surface area contributed by atoms with Gasteiger partial charge >= 0.3 is 6.18 Å². The zero-order valence-corrected chi connectivity index (χ0v) is 15.5. The molecule has 146 valence electrons. The summed E-state index contributed by atoms with van der Waals surface area (Å²) in [6, 6.07) is 11.4. The molecule has 0 unspecified atom stereocenters. The Morgan fingerprint density at radius 3 is 2.37 bits per heavy atom. The topological polar surface area (TPSA) is 26.7 Å². The summed E-state index contributed by atoms with van der Waals surface area (Å²) in [4.78, 5) is 4.76. The van der Waals surface area contributed by atoms with Crippen molar-refractivity contribution in [1.82, 2.24) is 9.80 Å². The molecule has 3 rings (SSSR count). The molecule has 0 amide bonds. The number of nitrogens with zero attached hydrogens (tertiary/aromatic N) is 2. The van der Waals surface area contributed by atoms with E-state index < -0.39 is 18.3 Å². The van der Waals surface area contributed by atoms with E-state index in [1.807, 2.05) is 24.3 Å². The normalized spacial score (nSPS) is 17.1. The zero-order valence-electron chi connectivity index (χ0n) is 15.5. The molecule has 0 aromatic heterocycles.